The van der Waals surface area contributed by atoms with Crippen LogP contribution in [0.2, 0.25) is 0 Å². The second kappa shape index (κ2) is 9.77. The Morgan fingerprint density at radius 1 is 0.828 bits per heavy atom. The van der Waals surface area contributed by atoms with E-state index in [0.29, 0.717) is 13.0 Å². The number of carbonyl (C=O) groups is 1. The third kappa shape index (κ3) is 4.36. The van der Waals surface area contributed by atoms with Gasteiger partial charge in [0, 0.05) is 6.54 Å². The second-order valence-corrected chi connectivity index (χ2v) is 8.15. The van der Waals surface area contributed by atoms with Crippen molar-refractivity contribution in [3.05, 3.63) is 108 Å². The van der Waals surface area contributed by atoms with Gasteiger partial charge in [-0.3, -0.25) is 4.99 Å². The zero-order valence-electron chi connectivity index (χ0n) is 16.3. The Morgan fingerprint density at radius 2 is 1.24 bits per heavy atom. The predicted molar refractivity (Wildman–Crippen MR) is 113 cm³/mol. The molecule has 4 rings (SSSR count). The predicted octanol–water partition coefficient (Wildman–Crippen LogP) is 0.679. The summed E-state index contributed by atoms with van der Waals surface area (Å²) in [6.07, 6.45) is 0.697. The van der Waals surface area contributed by atoms with Crippen molar-refractivity contribution in [3.63, 3.8) is 0 Å². The SMILES string of the molecule is O=C([O-])C1=NCCC1SC(c1ccccc1)(c1ccccc1)c1ccccc1.[Na+]. The van der Waals surface area contributed by atoms with Crippen LogP contribution in [0, 0.1) is 0 Å². The fourth-order valence-electron chi connectivity index (χ4n) is 3.79. The van der Waals surface area contributed by atoms with E-state index in [4.69, 9.17) is 0 Å². The van der Waals surface area contributed by atoms with Crippen LogP contribution in [0.15, 0.2) is 96.0 Å². The van der Waals surface area contributed by atoms with Gasteiger partial charge in [-0.25, -0.2) is 0 Å². The van der Waals surface area contributed by atoms with Gasteiger partial charge in [-0.15, -0.1) is 11.8 Å². The van der Waals surface area contributed by atoms with Crippen molar-refractivity contribution >= 4 is 23.4 Å². The number of hydrogen-bond acceptors (Lipinski definition) is 4. The molecule has 1 heterocycles. The van der Waals surface area contributed by atoms with Gasteiger partial charge in [0.1, 0.15) is 0 Å². The monoisotopic (exact) mass is 409 g/mol. The van der Waals surface area contributed by atoms with Gasteiger partial charge in [0.25, 0.3) is 0 Å². The van der Waals surface area contributed by atoms with Crippen LogP contribution >= 0.6 is 11.8 Å². The summed E-state index contributed by atoms with van der Waals surface area (Å²) in [6.45, 7) is 0.523. The third-order valence-corrected chi connectivity index (χ3v) is 6.85. The van der Waals surface area contributed by atoms with Crippen molar-refractivity contribution in [2.45, 2.75) is 16.4 Å². The number of nitrogens with zero attached hydrogens (tertiary/aromatic N) is 1. The first-order chi connectivity index (χ1) is 13.7. The van der Waals surface area contributed by atoms with Crippen LogP contribution in [-0.2, 0) is 9.54 Å². The van der Waals surface area contributed by atoms with E-state index >= 15 is 0 Å². The number of aliphatic imine (C=N–C) groups is 1. The Kier molecular flexibility index (Phi) is 7.36. The van der Waals surface area contributed by atoms with Crippen molar-refractivity contribution in [2.24, 2.45) is 4.99 Å². The Balaban J connectivity index is 0.00000240. The maximum Gasteiger partial charge on any atom is 1.00 e. The summed E-state index contributed by atoms with van der Waals surface area (Å²) in [5, 5.41) is 11.4. The molecule has 0 radical (unpaired) electrons. The number of carboxylic acids is 1. The van der Waals surface area contributed by atoms with Crippen LogP contribution in [0.5, 0.6) is 0 Å². The van der Waals surface area contributed by atoms with E-state index in [0.717, 1.165) is 16.7 Å². The number of carbonyl (C=O) groups excluding carboxylic acids is 1. The van der Waals surface area contributed by atoms with Gasteiger partial charge < -0.3 is 9.90 Å². The fourth-order valence-corrected chi connectivity index (χ4v) is 5.54. The van der Waals surface area contributed by atoms with Gasteiger partial charge in [0.05, 0.1) is 21.7 Å². The van der Waals surface area contributed by atoms with E-state index in [1.54, 1.807) is 11.8 Å². The van der Waals surface area contributed by atoms with E-state index in [1.807, 2.05) is 54.6 Å². The molecule has 5 heteroatoms. The molecule has 0 aromatic heterocycles. The number of rotatable bonds is 6. The second-order valence-electron chi connectivity index (χ2n) is 6.73. The van der Waals surface area contributed by atoms with Gasteiger partial charge in [-0.05, 0) is 23.1 Å². The Hall–Kier alpha value is -1.85. The van der Waals surface area contributed by atoms with Crippen molar-refractivity contribution in [1.82, 2.24) is 0 Å². The molecule has 1 aliphatic rings. The van der Waals surface area contributed by atoms with Crippen LogP contribution in [0.3, 0.4) is 0 Å². The quantitative estimate of drug-likeness (QED) is 0.445. The zero-order chi connectivity index (χ0) is 19.4. The summed E-state index contributed by atoms with van der Waals surface area (Å²) >= 11 is 1.64. The van der Waals surface area contributed by atoms with Crippen molar-refractivity contribution in [2.75, 3.05) is 6.54 Å². The zero-order valence-corrected chi connectivity index (χ0v) is 19.1. The molecule has 29 heavy (non-hydrogen) atoms. The van der Waals surface area contributed by atoms with E-state index < -0.39 is 10.7 Å². The minimum atomic E-state index is -1.17. The maximum atomic E-state index is 11.7. The van der Waals surface area contributed by atoms with Crippen LogP contribution in [0.1, 0.15) is 23.1 Å². The summed E-state index contributed by atoms with van der Waals surface area (Å²) in [5.41, 5.74) is 3.50. The topological polar surface area (TPSA) is 52.5 Å². The third-order valence-electron chi connectivity index (χ3n) is 5.05. The molecule has 0 amide bonds. The Labute approximate surface area is 197 Å². The molecular formula is C24H20NNaO2S. The van der Waals surface area contributed by atoms with Gasteiger partial charge in [-0.2, -0.15) is 0 Å². The standard InChI is InChI=1S/C24H21NO2S.Na/c26-23(27)22-21(16-17-25-22)28-24(18-10-4-1-5-11-18,19-12-6-2-7-13-19)20-14-8-3-9-15-20;/h1-15,21H,16-17H2,(H,26,27);/q;+1/p-1. The average Bonchev–Trinajstić information content (AvgIpc) is 3.22. The summed E-state index contributed by atoms with van der Waals surface area (Å²) in [6, 6.07) is 30.8. The number of hydrogen-bond donors (Lipinski definition) is 0. The first kappa shape index (κ1) is 21.8. The van der Waals surface area contributed by atoms with Gasteiger partial charge >= 0.3 is 29.6 Å². The van der Waals surface area contributed by atoms with Crippen molar-refractivity contribution in [1.29, 1.82) is 0 Å². The number of carboxylic acid groups (broad SMARTS) is 1. The molecule has 0 N–H and O–H groups in total. The number of aliphatic carboxylic acids is 1. The van der Waals surface area contributed by atoms with Crippen LogP contribution in [0.4, 0.5) is 0 Å². The summed E-state index contributed by atoms with van der Waals surface area (Å²) < 4.78 is -0.547. The molecule has 0 saturated carbocycles. The molecule has 0 spiro atoms. The molecule has 0 bridgehead atoms. The van der Waals surface area contributed by atoms with Crippen molar-refractivity contribution < 1.29 is 39.5 Å². The molecule has 140 valence electrons. The van der Waals surface area contributed by atoms with E-state index in [2.05, 4.69) is 41.4 Å². The molecule has 0 saturated heterocycles. The Bertz CT molecular complexity index is 881. The van der Waals surface area contributed by atoms with Gasteiger partial charge in [0.2, 0.25) is 0 Å². The first-order valence-electron chi connectivity index (χ1n) is 9.32. The summed E-state index contributed by atoms with van der Waals surface area (Å²) in [5.74, 6) is -1.17. The number of thioether (sulfide) groups is 1. The molecule has 1 atom stereocenters. The molecule has 1 aliphatic heterocycles. The summed E-state index contributed by atoms with van der Waals surface area (Å²) in [4.78, 5) is 15.9. The smallest absolute Gasteiger partial charge is 0.543 e. The molecular weight excluding hydrogens is 389 g/mol. The molecule has 1 unspecified atom stereocenters. The molecule has 3 aromatic rings. The first-order valence-corrected chi connectivity index (χ1v) is 10.2. The molecule has 0 aliphatic carbocycles. The molecule has 0 fully saturated rings. The largest absolute Gasteiger partial charge is 1.00 e. The summed E-state index contributed by atoms with van der Waals surface area (Å²) in [7, 11) is 0. The van der Waals surface area contributed by atoms with Crippen LogP contribution in [-0.4, -0.2) is 23.5 Å². The van der Waals surface area contributed by atoms with Gasteiger partial charge in [0.15, 0.2) is 0 Å². The Morgan fingerprint density at radius 3 is 1.62 bits per heavy atom. The van der Waals surface area contributed by atoms with Crippen molar-refractivity contribution in [3.8, 4) is 0 Å². The van der Waals surface area contributed by atoms with E-state index in [-0.39, 0.29) is 40.5 Å². The normalized spacial score (nSPS) is 16.0. The minimum absolute atomic E-state index is 0. The maximum absolute atomic E-state index is 11.7. The van der Waals surface area contributed by atoms with Crippen LogP contribution in [0.25, 0.3) is 0 Å². The molecule has 3 nitrogen and oxygen atoms in total. The van der Waals surface area contributed by atoms with Crippen LogP contribution < -0.4 is 34.7 Å². The van der Waals surface area contributed by atoms with E-state index in [9.17, 15) is 9.90 Å². The average molecular weight is 409 g/mol. The van der Waals surface area contributed by atoms with E-state index in [1.165, 1.54) is 0 Å². The fraction of sp³-hybridized carbons (Fsp3) is 0.167. The molecule has 3 aromatic carbocycles. The van der Waals surface area contributed by atoms with Gasteiger partial charge in [-0.1, -0.05) is 91.0 Å². The minimum Gasteiger partial charge on any atom is -0.543 e. The number of benzene rings is 3.